The van der Waals surface area contributed by atoms with E-state index in [0.29, 0.717) is 10.6 Å². The molecule has 1 amide bonds. The third-order valence-electron chi connectivity index (χ3n) is 4.39. The summed E-state index contributed by atoms with van der Waals surface area (Å²) < 4.78 is 27.4. The molecule has 0 aliphatic carbocycles. The maximum Gasteiger partial charge on any atom is 0.264 e. The van der Waals surface area contributed by atoms with Crippen molar-refractivity contribution in [1.29, 1.82) is 0 Å². The lowest BCUT2D eigenvalue weighted by Gasteiger charge is -2.24. The van der Waals surface area contributed by atoms with Crippen LogP contribution in [-0.4, -0.2) is 32.2 Å². The quantitative estimate of drug-likeness (QED) is 0.417. The van der Waals surface area contributed by atoms with Crippen molar-refractivity contribution in [2.24, 2.45) is 5.10 Å². The molecule has 3 aromatic rings. The topological polar surface area (TPSA) is 99.1 Å². The summed E-state index contributed by atoms with van der Waals surface area (Å²) in [5.74, 6) is -0.661. The Morgan fingerprint density at radius 1 is 1.10 bits per heavy atom. The van der Waals surface area contributed by atoms with E-state index >= 15 is 0 Å². The molecule has 0 aliphatic rings. The molecule has 7 nitrogen and oxygen atoms in total. The summed E-state index contributed by atoms with van der Waals surface area (Å²) in [5, 5.41) is 13.9. The Kier molecular flexibility index (Phi) is 6.94. The average molecular weight is 458 g/mol. The summed E-state index contributed by atoms with van der Waals surface area (Å²) in [6.07, 6.45) is 1.27. The van der Waals surface area contributed by atoms with Crippen LogP contribution in [0, 0.1) is 6.92 Å². The van der Waals surface area contributed by atoms with E-state index in [1.807, 2.05) is 0 Å². The van der Waals surface area contributed by atoms with Crippen LogP contribution in [0.25, 0.3) is 0 Å². The maximum absolute atomic E-state index is 13.2. The number of anilines is 1. The Morgan fingerprint density at radius 3 is 2.45 bits per heavy atom. The second-order valence-corrected chi connectivity index (χ2v) is 8.88. The number of hydrogen-bond donors (Lipinski definition) is 2. The summed E-state index contributed by atoms with van der Waals surface area (Å²) in [6, 6.07) is 19.0. The minimum atomic E-state index is -4.04. The lowest BCUT2D eigenvalue weighted by Crippen LogP contribution is -2.39. The molecule has 0 radical (unpaired) electrons. The van der Waals surface area contributed by atoms with Crippen LogP contribution in [0.3, 0.4) is 0 Å². The molecule has 31 heavy (non-hydrogen) atoms. The number of amides is 1. The smallest absolute Gasteiger partial charge is 0.264 e. The van der Waals surface area contributed by atoms with E-state index in [1.54, 1.807) is 55.5 Å². The van der Waals surface area contributed by atoms with Crippen molar-refractivity contribution in [2.45, 2.75) is 11.8 Å². The van der Waals surface area contributed by atoms with E-state index in [4.69, 9.17) is 11.6 Å². The number of hydrogen-bond acceptors (Lipinski definition) is 5. The Labute approximate surface area is 185 Å². The monoisotopic (exact) mass is 457 g/mol. The van der Waals surface area contributed by atoms with Crippen LogP contribution >= 0.6 is 11.6 Å². The van der Waals surface area contributed by atoms with Gasteiger partial charge >= 0.3 is 0 Å². The molecule has 9 heteroatoms. The lowest BCUT2D eigenvalue weighted by atomic mass is 10.2. The zero-order valence-corrected chi connectivity index (χ0v) is 18.1. The minimum absolute atomic E-state index is 0.00285. The Balaban J connectivity index is 1.87. The number of hydrazone groups is 1. The number of sulfonamides is 1. The van der Waals surface area contributed by atoms with E-state index in [-0.39, 0.29) is 16.3 Å². The number of phenols is 1. The zero-order chi connectivity index (χ0) is 22.4. The first-order valence-corrected chi connectivity index (χ1v) is 11.0. The number of aryl methyl sites for hydroxylation is 1. The molecule has 0 bridgehead atoms. The number of rotatable bonds is 7. The molecule has 2 N–H and O–H groups in total. The normalized spacial score (nSPS) is 11.4. The van der Waals surface area contributed by atoms with Crippen LogP contribution in [-0.2, 0) is 14.8 Å². The SMILES string of the molecule is Cc1ccc(N(CC(=O)NN=Cc2ccccc2O)S(=O)(=O)c2ccccc2)cc1Cl. The van der Waals surface area contributed by atoms with Crippen molar-refractivity contribution in [1.82, 2.24) is 5.43 Å². The van der Waals surface area contributed by atoms with Gasteiger partial charge in [-0.2, -0.15) is 5.10 Å². The molecule has 0 fully saturated rings. The molecule has 0 aromatic heterocycles. The van der Waals surface area contributed by atoms with E-state index in [9.17, 15) is 18.3 Å². The highest BCUT2D eigenvalue weighted by Crippen LogP contribution is 2.27. The molecule has 160 valence electrons. The lowest BCUT2D eigenvalue weighted by molar-refractivity contribution is -0.119. The van der Waals surface area contributed by atoms with Gasteiger partial charge in [-0.1, -0.05) is 48.0 Å². The molecule has 3 rings (SSSR count). The van der Waals surface area contributed by atoms with Gasteiger partial charge in [-0.15, -0.1) is 0 Å². The molecule has 0 unspecified atom stereocenters. The first kappa shape index (κ1) is 22.3. The van der Waals surface area contributed by atoms with Crippen molar-refractivity contribution in [3.05, 3.63) is 88.9 Å². The number of benzene rings is 3. The summed E-state index contributed by atoms with van der Waals surface area (Å²) in [7, 11) is -4.04. The average Bonchev–Trinajstić information content (AvgIpc) is 2.76. The highest BCUT2D eigenvalue weighted by molar-refractivity contribution is 7.92. The standard InChI is InChI=1S/C22H20ClN3O4S/c1-16-11-12-18(13-20(16)23)26(31(29,30)19-8-3-2-4-9-19)15-22(28)25-24-14-17-7-5-6-10-21(17)27/h2-14,27H,15H2,1H3,(H,25,28). The number of halogens is 1. The van der Waals surface area contributed by atoms with Gasteiger partial charge in [0.2, 0.25) is 0 Å². The molecular formula is C22H20ClN3O4S. The number of phenolic OH excluding ortho intramolecular Hbond substituents is 1. The molecule has 0 saturated carbocycles. The number of para-hydroxylation sites is 1. The predicted molar refractivity (Wildman–Crippen MR) is 121 cm³/mol. The molecule has 0 aliphatic heterocycles. The molecule has 0 saturated heterocycles. The largest absolute Gasteiger partial charge is 0.507 e. The van der Waals surface area contributed by atoms with Gasteiger partial charge in [-0.25, -0.2) is 13.8 Å². The van der Waals surface area contributed by atoms with Gasteiger partial charge in [0, 0.05) is 10.6 Å². The third kappa shape index (κ3) is 5.42. The molecular weight excluding hydrogens is 438 g/mol. The fourth-order valence-corrected chi connectivity index (χ4v) is 4.32. The number of nitrogens with one attached hydrogen (secondary N) is 1. The third-order valence-corrected chi connectivity index (χ3v) is 6.59. The molecule has 3 aromatic carbocycles. The van der Waals surface area contributed by atoms with Crippen molar-refractivity contribution in [2.75, 3.05) is 10.8 Å². The number of carbonyl (C=O) groups excluding carboxylic acids is 1. The highest BCUT2D eigenvalue weighted by Gasteiger charge is 2.27. The van der Waals surface area contributed by atoms with E-state index in [0.717, 1.165) is 9.87 Å². The second kappa shape index (κ2) is 9.63. The van der Waals surface area contributed by atoms with Gasteiger partial charge in [0.05, 0.1) is 16.8 Å². The van der Waals surface area contributed by atoms with Gasteiger partial charge in [0.25, 0.3) is 15.9 Å². The fourth-order valence-electron chi connectivity index (χ4n) is 2.71. The van der Waals surface area contributed by atoms with Crippen LogP contribution in [0.15, 0.2) is 82.8 Å². The Bertz CT molecular complexity index is 1210. The van der Waals surface area contributed by atoms with Crippen molar-refractivity contribution >= 4 is 39.4 Å². The van der Waals surface area contributed by atoms with Crippen molar-refractivity contribution < 1.29 is 18.3 Å². The summed E-state index contributed by atoms with van der Waals surface area (Å²) in [4.78, 5) is 12.5. The van der Waals surface area contributed by atoms with E-state index in [2.05, 4.69) is 10.5 Å². The summed E-state index contributed by atoms with van der Waals surface area (Å²) in [6.45, 7) is 1.28. The molecule has 0 spiro atoms. The van der Waals surface area contributed by atoms with Gasteiger partial charge in [0.15, 0.2) is 0 Å². The van der Waals surface area contributed by atoms with Gasteiger partial charge < -0.3 is 5.11 Å². The summed E-state index contributed by atoms with van der Waals surface area (Å²) in [5.41, 5.74) is 3.72. The second-order valence-electron chi connectivity index (χ2n) is 6.61. The number of aromatic hydroxyl groups is 1. The van der Waals surface area contributed by atoms with Gasteiger partial charge in [0.1, 0.15) is 12.3 Å². The first-order valence-electron chi connectivity index (χ1n) is 9.23. The molecule has 0 heterocycles. The predicted octanol–water partition coefficient (Wildman–Crippen LogP) is 3.70. The van der Waals surface area contributed by atoms with Crippen LogP contribution in [0.5, 0.6) is 5.75 Å². The van der Waals surface area contributed by atoms with Crippen LogP contribution < -0.4 is 9.73 Å². The van der Waals surface area contributed by atoms with Crippen molar-refractivity contribution in [3.8, 4) is 5.75 Å². The van der Waals surface area contributed by atoms with Gasteiger partial charge in [-0.3, -0.25) is 9.10 Å². The highest BCUT2D eigenvalue weighted by atomic mass is 35.5. The fraction of sp³-hybridized carbons (Fsp3) is 0.0909. The summed E-state index contributed by atoms with van der Waals surface area (Å²) >= 11 is 6.19. The van der Waals surface area contributed by atoms with E-state index in [1.165, 1.54) is 30.5 Å². The van der Waals surface area contributed by atoms with Crippen LogP contribution in [0.4, 0.5) is 5.69 Å². The van der Waals surface area contributed by atoms with Crippen molar-refractivity contribution in [3.63, 3.8) is 0 Å². The minimum Gasteiger partial charge on any atom is -0.507 e. The van der Waals surface area contributed by atoms with E-state index < -0.39 is 22.5 Å². The first-order chi connectivity index (χ1) is 14.8. The van der Waals surface area contributed by atoms with Crippen LogP contribution in [0.1, 0.15) is 11.1 Å². The zero-order valence-electron chi connectivity index (χ0n) is 16.6. The van der Waals surface area contributed by atoms with Gasteiger partial charge in [-0.05, 0) is 48.9 Å². The van der Waals surface area contributed by atoms with Crippen LogP contribution in [0.2, 0.25) is 5.02 Å². The Morgan fingerprint density at radius 2 is 1.77 bits per heavy atom. The Hall–Kier alpha value is -3.36. The number of nitrogens with zero attached hydrogens (tertiary/aromatic N) is 2. The number of carbonyl (C=O) groups is 1. The molecule has 0 atom stereocenters. The maximum atomic E-state index is 13.2.